The third kappa shape index (κ3) is 6.24. The molecule has 0 saturated carbocycles. The van der Waals surface area contributed by atoms with E-state index in [1.54, 1.807) is 43.3 Å². The summed E-state index contributed by atoms with van der Waals surface area (Å²) in [4.78, 5) is 60.7. The van der Waals surface area contributed by atoms with Crippen LogP contribution in [0.1, 0.15) is 44.4 Å². The van der Waals surface area contributed by atoms with Gasteiger partial charge in [0.15, 0.2) is 11.2 Å². The van der Waals surface area contributed by atoms with Crippen molar-refractivity contribution >= 4 is 51.1 Å². The van der Waals surface area contributed by atoms with Crippen LogP contribution in [0.15, 0.2) is 95.2 Å². The van der Waals surface area contributed by atoms with Crippen molar-refractivity contribution in [1.82, 2.24) is 15.2 Å². The number of allylic oxidation sites excluding steroid dienone is 1. The molecule has 11 nitrogen and oxygen atoms in total. The lowest BCUT2D eigenvalue weighted by atomic mass is 10.00. The number of carbonyl (C=O) groups is 4. The second-order valence-electron chi connectivity index (χ2n) is 11.9. The highest BCUT2D eigenvalue weighted by Gasteiger charge is 2.58. The Kier molecular flexibility index (Phi) is 8.62. The second kappa shape index (κ2) is 12.6. The average molecular weight is 661 g/mol. The van der Waals surface area contributed by atoms with E-state index in [2.05, 4.69) is 10.3 Å². The smallest absolute Gasteiger partial charge is 0.408 e. The van der Waals surface area contributed by atoms with Crippen molar-refractivity contribution in [2.75, 3.05) is 17.2 Å². The fourth-order valence-corrected chi connectivity index (χ4v) is 7.87. The highest BCUT2D eigenvalue weighted by molar-refractivity contribution is 7.86. The monoisotopic (exact) mass is 660 g/mol. The molecule has 1 N–H and O–H groups in total. The van der Waals surface area contributed by atoms with Crippen molar-refractivity contribution in [3.05, 3.63) is 106 Å². The first-order chi connectivity index (χ1) is 22.0. The highest BCUT2D eigenvalue weighted by Crippen LogP contribution is 2.39. The molecule has 0 radical (unpaired) electrons. The zero-order valence-corrected chi connectivity index (χ0v) is 27.0. The van der Waals surface area contributed by atoms with Crippen LogP contribution in [-0.4, -0.2) is 67.3 Å². The molecule has 238 valence electrons. The van der Waals surface area contributed by atoms with Gasteiger partial charge in [0.05, 0.1) is 16.6 Å². The molecule has 0 aliphatic carbocycles. The first-order valence-corrected chi connectivity index (χ1v) is 16.9. The van der Waals surface area contributed by atoms with E-state index in [-0.39, 0.29) is 22.9 Å². The Balaban J connectivity index is 1.37. The summed E-state index contributed by atoms with van der Waals surface area (Å²) in [7, 11) is -1.73. The molecule has 3 aromatic rings. The quantitative estimate of drug-likeness (QED) is 0.226. The third-order valence-electron chi connectivity index (χ3n) is 7.57. The topological polar surface area (TPSA) is 135 Å². The normalized spacial score (nSPS) is 22.2. The molecule has 0 bridgehead atoms. The number of alkyl carbamates (subject to hydrolysis) is 1. The van der Waals surface area contributed by atoms with E-state index in [0.29, 0.717) is 34.8 Å². The third-order valence-corrected chi connectivity index (χ3v) is 9.99. The number of hydrogen-bond acceptors (Lipinski definition) is 9. The number of rotatable bonds is 7. The number of hydrogen-bond donors (Lipinski definition) is 1. The van der Waals surface area contributed by atoms with Gasteiger partial charge in [-0.25, -0.2) is 14.6 Å². The average Bonchev–Trinajstić information content (AvgIpc) is 3.68. The molecule has 3 aliphatic rings. The number of benzene rings is 2. The van der Waals surface area contributed by atoms with Crippen molar-refractivity contribution in [3.63, 3.8) is 0 Å². The molecule has 3 amide bonds. The molecule has 4 heterocycles. The van der Waals surface area contributed by atoms with Gasteiger partial charge < -0.3 is 14.8 Å². The summed E-state index contributed by atoms with van der Waals surface area (Å²) in [6.45, 7) is 5.46. The summed E-state index contributed by atoms with van der Waals surface area (Å²) in [6.07, 6.45) is 1.87. The predicted molar refractivity (Wildman–Crippen MR) is 172 cm³/mol. The number of esters is 1. The molecule has 13 heteroatoms. The molecule has 3 aliphatic heterocycles. The number of fused-ring (bicyclic) bond motifs is 1. The molecule has 6 rings (SSSR count). The minimum atomic E-state index is -1.73. The van der Waals surface area contributed by atoms with Gasteiger partial charge in [0.1, 0.15) is 22.7 Å². The van der Waals surface area contributed by atoms with Gasteiger partial charge in [0.25, 0.3) is 11.8 Å². The van der Waals surface area contributed by atoms with Crippen LogP contribution in [0.25, 0.3) is 0 Å². The molecule has 2 saturated heterocycles. The summed E-state index contributed by atoms with van der Waals surface area (Å²) < 4.78 is 25.1. The first-order valence-electron chi connectivity index (χ1n) is 14.7. The Bertz CT molecular complexity index is 1710. The van der Waals surface area contributed by atoms with Gasteiger partial charge in [-0.05, 0) is 50.0 Å². The van der Waals surface area contributed by atoms with Crippen molar-refractivity contribution in [2.24, 2.45) is 0 Å². The first kappa shape index (κ1) is 31.4. The summed E-state index contributed by atoms with van der Waals surface area (Å²) in [5.74, 6) is -1.88. The molecule has 46 heavy (non-hydrogen) atoms. The number of ether oxygens (including phenoxy) is 2. The van der Waals surface area contributed by atoms with Gasteiger partial charge in [0.2, 0.25) is 0 Å². The number of thiazole rings is 1. The van der Waals surface area contributed by atoms with Crippen LogP contribution in [0, 0.1) is 0 Å². The van der Waals surface area contributed by atoms with Gasteiger partial charge in [-0.2, -0.15) is 0 Å². The number of carbonyl (C=O) groups excluding carboxylic acids is 4. The summed E-state index contributed by atoms with van der Waals surface area (Å²) in [5, 5.41) is 3.82. The zero-order valence-electron chi connectivity index (χ0n) is 25.4. The molecule has 2 aromatic carbocycles. The number of anilines is 1. The van der Waals surface area contributed by atoms with Crippen LogP contribution >= 0.6 is 11.3 Å². The number of nitrogens with zero attached hydrogens (tertiary/aromatic N) is 3. The Morgan fingerprint density at radius 3 is 2.30 bits per heavy atom. The molecular weight excluding hydrogens is 629 g/mol. The largest absolute Gasteiger partial charge is 0.448 e. The van der Waals surface area contributed by atoms with E-state index in [0.717, 1.165) is 4.90 Å². The van der Waals surface area contributed by atoms with Crippen LogP contribution in [0.4, 0.5) is 9.93 Å². The van der Waals surface area contributed by atoms with E-state index in [9.17, 15) is 23.4 Å². The number of nitrogens with one attached hydrogen (secondary N) is 1. The van der Waals surface area contributed by atoms with E-state index in [1.165, 1.54) is 11.3 Å². The van der Waals surface area contributed by atoms with Crippen LogP contribution in [0.3, 0.4) is 0 Å². The predicted octanol–water partition coefficient (Wildman–Crippen LogP) is 4.22. The molecule has 0 spiro atoms. The fourth-order valence-electron chi connectivity index (χ4n) is 5.58. The highest BCUT2D eigenvalue weighted by atomic mass is 32.2. The minimum Gasteiger partial charge on any atom is -0.448 e. The fraction of sp³-hybridized carbons (Fsp3) is 0.303. The van der Waals surface area contributed by atoms with Gasteiger partial charge in [-0.1, -0.05) is 60.7 Å². The van der Waals surface area contributed by atoms with E-state index in [1.807, 2.05) is 60.7 Å². The SMILES string of the molecule is CC(C)(C)OC(=O)N[C@@H]1C(=O)N2C(C(=O)OC(c3ccccc3)c3ccccc3)=C(/C=C3\CCN(c4nccs4)C3=O)C[S@@](=O)[C@H]12. The Morgan fingerprint density at radius 2 is 1.72 bits per heavy atom. The van der Waals surface area contributed by atoms with Gasteiger partial charge >= 0.3 is 12.1 Å². The maximum Gasteiger partial charge on any atom is 0.408 e. The Labute approximate surface area is 272 Å². The Hall–Kier alpha value is -4.62. The van der Waals surface area contributed by atoms with Crippen molar-refractivity contribution in [2.45, 2.75) is 50.3 Å². The standard InChI is InChI=1S/C33H32N4O7S2/c1-33(2,3)44-32(41)35-24-28(39)37-25(30(40)43-26(20-10-6-4-7-11-20)21-12-8-5-9-13-21)23(19-46(42)29(24)37)18-22-14-16-36(27(22)38)31-34-15-17-45-31/h4-13,15,17-18,24,26,29H,14,16,19H2,1-3H3,(H,35,41)/b22-18+/t24-,29-,46-/m1/s1. The molecule has 0 unspecified atom stereocenters. The molecular formula is C33H32N4O7S2. The maximum atomic E-state index is 14.2. The van der Waals surface area contributed by atoms with E-state index >= 15 is 0 Å². The number of aromatic nitrogens is 1. The van der Waals surface area contributed by atoms with Gasteiger partial charge in [-0.3, -0.25) is 23.6 Å². The van der Waals surface area contributed by atoms with Crippen LogP contribution in [0.2, 0.25) is 0 Å². The van der Waals surface area contributed by atoms with Crippen molar-refractivity contribution in [3.8, 4) is 0 Å². The van der Waals surface area contributed by atoms with Crippen molar-refractivity contribution in [1.29, 1.82) is 0 Å². The molecule has 1 aromatic heterocycles. The number of β-lactam (4-membered cyclic amide) rings is 1. The minimum absolute atomic E-state index is 0.110. The summed E-state index contributed by atoms with van der Waals surface area (Å²) in [5.41, 5.74) is 1.13. The summed E-state index contributed by atoms with van der Waals surface area (Å²) >= 11 is 1.33. The van der Waals surface area contributed by atoms with E-state index in [4.69, 9.17) is 9.47 Å². The Morgan fingerprint density at radius 1 is 1.07 bits per heavy atom. The van der Waals surface area contributed by atoms with Crippen molar-refractivity contribution < 1.29 is 32.9 Å². The lowest BCUT2D eigenvalue weighted by Crippen LogP contribution is -2.73. The maximum absolute atomic E-state index is 14.2. The summed E-state index contributed by atoms with van der Waals surface area (Å²) in [6, 6.07) is 17.2. The van der Waals surface area contributed by atoms with Gasteiger partial charge in [-0.15, -0.1) is 11.3 Å². The van der Waals surface area contributed by atoms with Crippen LogP contribution in [-0.2, 0) is 34.7 Å². The molecule has 2 fully saturated rings. The van der Waals surface area contributed by atoms with Crippen LogP contribution < -0.4 is 10.2 Å². The lowest BCUT2D eigenvalue weighted by Gasteiger charge is -2.49. The van der Waals surface area contributed by atoms with Gasteiger partial charge in [0, 0.05) is 23.7 Å². The lowest BCUT2D eigenvalue weighted by molar-refractivity contribution is -0.153. The number of amides is 3. The zero-order chi connectivity index (χ0) is 32.6. The van der Waals surface area contributed by atoms with E-state index < -0.39 is 51.9 Å². The molecule has 3 atom stereocenters. The van der Waals surface area contributed by atoms with Crippen LogP contribution in [0.5, 0.6) is 0 Å². The second-order valence-corrected chi connectivity index (χ2v) is 14.3.